The number of benzene rings is 1. The molecule has 2 aromatic rings. The Morgan fingerprint density at radius 1 is 1.47 bits per heavy atom. The Hall–Kier alpha value is -2.14. The van der Waals surface area contributed by atoms with E-state index in [-0.39, 0.29) is 17.6 Å². The van der Waals surface area contributed by atoms with Crippen molar-refractivity contribution in [2.45, 2.75) is 13.5 Å². The highest BCUT2D eigenvalue weighted by Crippen LogP contribution is 2.09. The number of nitrogens with zero attached hydrogens (tertiary/aromatic N) is 2. The Bertz CT molecular complexity index is 667. The van der Waals surface area contributed by atoms with Crippen molar-refractivity contribution in [2.75, 3.05) is 5.32 Å². The third kappa shape index (κ3) is 3.42. The Balaban J connectivity index is 2.10. The first kappa shape index (κ1) is 13.3. The molecule has 0 aliphatic rings. The molecule has 19 heavy (non-hydrogen) atoms. The average Bonchev–Trinajstić information content (AvgIpc) is 2.35. The van der Waals surface area contributed by atoms with E-state index in [0.717, 1.165) is 5.56 Å². The summed E-state index contributed by atoms with van der Waals surface area (Å²) in [7, 11) is 0. The maximum absolute atomic E-state index is 11.8. The largest absolute Gasteiger partial charge is 0.325 e. The summed E-state index contributed by atoms with van der Waals surface area (Å²) in [5.41, 5.74) is 1.25. The van der Waals surface area contributed by atoms with Crippen LogP contribution in [0, 0.1) is 6.92 Å². The smallest absolute Gasteiger partial charge is 0.288 e. The highest BCUT2D eigenvalue weighted by Gasteiger charge is 2.07. The summed E-state index contributed by atoms with van der Waals surface area (Å²) < 4.78 is 1.21. The van der Waals surface area contributed by atoms with E-state index in [1.165, 1.54) is 17.0 Å². The minimum absolute atomic E-state index is 0.102. The van der Waals surface area contributed by atoms with Crippen molar-refractivity contribution in [3.8, 4) is 0 Å². The van der Waals surface area contributed by atoms with Gasteiger partial charge in [0.1, 0.15) is 6.54 Å². The lowest BCUT2D eigenvalue weighted by atomic mass is 10.2. The zero-order valence-corrected chi connectivity index (χ0v) is 11.0. The summed E-state index contributed by atoms with van der Waals surface area (Å²) in [6.07, 6.45) is 2.80. The van der Waals surface area contributed by atoms with E-state index in [2.05, 4.69) is 10.3 Å². The molecule has 0 bridgehead atoms. The first-order valence-corrected chi connectivity index (χ1v) is 6.01. The number of carbonyl (C=O) groups is 1. The fourth-order valence-corrected chi connectivity index (χ4v) is 1.79. The molecule has 0 unspecified atom stereocenters. The van der Waals surface area contributed by atoms with E-state index < -0.39 is 5.56 Å². The van der Waals surface area contributed by atoms with Crippen LogP contribution in [0.15, 0.2) is 41.5 Å². The molecule has 6 heteroatoms. The fourth-order valence-electron chi connectivity index (χ4n) is 1.62. The number of carbonyl (C=O) groups excluding carboxylic acids is 1. The Morgan fingerprint density at radius 2 is 2.26 bits per heavy atom. The highest BCUT2D eigenvalue weighted by atomic mass is 35.5. The molecule has 0 atom stereocenters. The number of hydrogen-bond acceptors (Lipinski definition) is 3. The third-order valence-corrected chi connectivity index (χ3v) is 2.75. The predicted molar refractivity (Wildman–Crippen MR) is 73.3 cm³/mol. The SMILES string of the molecule is Cc1cccc(NC(=O)Cn2ccnc(Cl)c2=O)c1. The molecule has 1 heterocycles. The van der Waals surface area contributed by atoms with Crippen LogP contribution in [-0.2, 0) is 11.3 Å². The molecule has 2 rings (SSSR count). The first-order valence-electron chi connectivity index (χ1n) is 5.64. The van der Waals surface area contributed by atoms with Crippen LogP contribution < -0.4 is 10.9 Å². The third-order valence-electron chi connectivity index (χ3n) is 2.49. The van der Waals surface area contributed by atoms with Crippen molar-refractivity contribution in [2.24, 2.45) is 0 Å². The van der Waals surface area contributed by atoms with Gasteiger partial charge >= 0.3 is 0 Å². The second-order valence-corrected chi connectivity index (χ2v) is 4.43. The van der Waals surface area contributed by atoms with Gasteiger partial charge < -0.3 is 9.88 Å². The summed E-state index contributed by atoms with van der Waals surface area (Å²) in [6.45, 7) is 1.83. The van der Waals surface area contributed by atoms with E-state index in [1.54, 1.807) is 6.07 Å². The second-order valence-electron chi connectivity index (χ2n) is 4.07. The minimum Gasteiger partial charge on any atom is -0.325 e. The van der Waals surface area contributed by atoms with Crippen LogP contribution in [0.5, 0.6) is 0 Å². The number of anilines is 1. The van der Waals surface area contributed by atoms with Crippen LogP contribution in [0.25, 0.3) is 0 Å². The molecule has 0 spiro atoms. The van der Waals surface area contributed by atoms with Crippen molar-refractivity contribution >= 4 is 23.2 Å². The molecule has 1 aromatic carbocycles. The molecular weight excluding hydrogens is 266 g/mol. The van der Waals surface area contributed by atoms with Gasteiger partial charge in [0.15, 0.2) is 5.15 Å². The van der Waals surface area contributed by atoms with Gasteiger partial charge in [-0.1, -0.05) is 23.7 Å². The maximum atomic E-state index is 11.8. The van der Waals surface area contributed by atoms with Crippen LogP contribution >= 0.6 is 11.6 Å². The summed E-state index contributed by atoms with van der Waals surface area (Å²) in [6, 6.07) is 7.41. The van der Waals surface area contributed by atoms with Crippen molar-refractivity contribution in [3.63, 3.8) is 0 Å². The Kier molecular flexibility index (Phi) is 3.97. The van der Waals surface area contributed by atoms with Gasteiger partial charge in [-0.3, -0.25) is 9.59 Å². The topological polar surface area (TPSA) is 64.0 Å². The predicted octanol–water partition coefficient (Wildman–Crippen LogP) is 1.84. The molecule has 0 saturated carbocycles. The van der Waals surface area contributed by atoms with Gasteiger partial charge in [-0.15, -0.1) is 0 Å². The fraction of sp³-hybridized carbons (Fsp3) is 0.154. The molecule has 0 aliphatic carbocycles. The molecular formula is C13H12ClN3O2. The number of aromatic nitrogens is 2. The lowest BCUT2D eigenvalue weighted by molar-refractivity contribution is -0.116. The first-order chi connectivity index (χ1) is 9.06. The quantitative estimate of drug-likeness (QED) is 0.931. The van der Waals surface area contributed by atoms with E-state index >= 15 is 0 Å². The maximum Gasteiger partial charge on any atom is 0.288 e. The number of halogens is 1. The van der Waals surface area contributed by atoms with Crippen LogP contribution in [0.1, 0.15) is 5.56 Å². The average molecular weight is 278 g/mol. The second kappa shape index (κ2) is 5.67. The van der Waals surface area contributed by atoms with Gasteiger partial charge in [-0.2, -0.15) is 0 Å². The highest BCUT2D eigenvalue weighted by molar-refractivity contribution is 6.29. The van der Waals surface area contributed by atoms with E-state index in [9.17, 15) is 9.59 Å². The van der Waals surface area contributed by atoms with Crippen LogP contribution in [-0.4, -0.2) is 15.5 Å². The van der Waals surface area contributed by atoms with Crippen LogP contribution in [0.2, 0.25) is 5.15 Å². The minimum atomic E-state index is -0.483. The molecule has 1 N–H and O–H groups in total. The molecule has 5 nitrogen and oxygen atoms in total. The molecule has 0 aliphatic heterocycles. The molecule has 0 radical (unpaired) electrons. The summed E-state index contributed by atoms with van der Waals surface area (Å²) in [5.74, 6) is -0.296. The van der Waals surface area contributed by atoms with Crippen molar-refractivity contribution < 1.29 is 4.79 Å². The van der Waals surface area contributed by atoms with E-state index in [0.29, 0.717) is 5.69 Å². The van der Waals surface area contributed by atoms with Crippen LogP contribution in [0.4, 0.5) is 5.69 Å². The molecule has 0 fully saturated rings. The van der Waals surface area contributed by atoms with Crippen LogP contribution in [0.3, 0.4) is 0 Å². The molecule has 1 aromatic heterocycles. The monoisotopic (exact) mass is 277 g/mol. The van der Waals surface area contributed by atoms with E-state index in [1.807, 2.05) is 25.1 Å². The van der Waals surface area contributed by atoms with Crippen molar-refractivity contribution in [1.82, 2.24) is 9.55 Å². The van der Waals surface area contributed by atoms with Crippen molar-refractivity contribution in [3.05, 3.63) is 57.7 Å². The normalized spacial score (nSPS) is 10.2. The molecule has 98 valence electrons. The Labute approximate surface area is 114 Å². The zero-order valence-electron chi connectivity index (χ0n) is 10.3. The van der Waals surface area contributed by atoms with E-state index in [4.69, 9.17) is 11.6 Å². The standard InChI is InChI=1S/C13H12ClN3O2/c1-9-3-2-4-10(7-9)16-11(18)8-17-6-5-15-12(14)13(17)19/h2-7H,8H2,1H3,(H,16,18). The van der Waals surface area contributed by atoms with Gasteiger partial charge in [0.25, 0.3) is 5.56 Å². The number of aryl methyl sites for hydroxylation is 1. The van der Waals surface area contributed by atoms with Crippen molar-refractivity contribution in [1.29, 1.82) is 0 Å². The lowest BCUT2D eigenvalue weighted by Gasteiger charge is -2.07. The van der Waals surface area contributed by atoms with Gasteiger partial charge in [0.2, 0.25) is 5.91 Å². The Morgan fingerprint density at radius 3 is 3.00 bits per heavy atom. The summed E-state index contributed by atoms with van der Waals surface area (Å²) in [5, 5.41) is 2.57. The summed E-state index contributed by atoms with van der Waals surface area (Å²) in [4.78, 5) is 27.1. The van der Waals surface area contributed by atoms with Gasteiger partial charge in [0, 0.05) is 18.1 Å². The van der Waals surface area contributed by atoms with Gasteiger partial charge in [-0.25, -0.2) is 4.98 Å². The number of hydrogen-bond donors (Lipinski definition) is 1. The van der Waals surface area contributed by atoms with Gasteiger partial charge in [0.05, 0.1) is 0 Å². The molecule has 0 saturated heterocycles. The number of amides is 1. The number of nitrogens with one attached hydrogen (secondary N) is 1. The zero-order chi connectivity index (χ0) is 13.8. The lowest BCUT2D eigenvalue weighted by Crippen LogP contribution is -2.27. The van der Waals surface area contributed by atoms with Gasteiger partial charge in [-0.05, 0) is 24.6 Å². The number of rotatable bonds is 3. The molecule has 1 amide bonds. The summed E-state index contributed by atoms with van der Waals surface area (Å²) >= 11 is 5.60.